The number of sulfonamides is 1. The van der Waals surface area contributed by atoms with Crippen LogP contribution in [-0.4, -0.2) is 25.8 Å². The summed E-state index contributed by atoms with van der Waals surface area (Å²) in [6.45, 7) is 2.00. The first-order valence-electron chi connectivity index (χ1n) is 11.7. The Morgan fingerprint density at radius 2 is 1.57 bits per heavy atom. The Kier molecular flexibility index (Phi) is 5.58. The molecule has 2 aliphatic rings. The van der Waals surface area contributed by atoms with Crippen LogP contribution >= 0.6 is 11.8 Å². The van der Waals surface area contributed by atoms with E-state index in [-0.39, 0.29) is 22.3 Å². The fourth-order valence-corrected chi connectivity index (χ4v) is 6.63. The SMILES string of the molecule is CCc1ccc(S(=O)(=O)/N=C2/C=C(Sc3ccc4c5c(cccc35)C(=O)N4)C(=O)c3ccccc32)cc1. The summed E-state index contributed by atoms with van der Waals surface area (Å²) in [6.07, 6.45) is 2.34. The summed E-state index contributed by atoms with van der Waals surface area (Å²) in [5, 5.41) is 4.52. The third-order valence-electron chi connectivity index (χ3n) is 6.50. The topological polar surface area (TPSA) is 92.7 Å². The molecule has 1 heterocycles. The van der Waals surface area contributed by atoms with E-state index in [1.807, 2.05) is 31.2 Å². The maximum Gasteiger partial charge on any atom is 0.282 e. The number of carbonyl (C=O) groups is 2. The molecule has 4 aromatic carbocycles. The number of carbonyl (C=O) groups excluding carboxylic acids is 2. The number of nitrogens with one attached hydrogen (secondary N) is 1. The molecule has 0 spiro atoms. The van der Waals surface area contributed by atoms with Crippen LogP contribution in [-0.2, 0) is 16.4 Å². The first-order chi connectivity index (χ1) is 17.9. The molecule has 182 valence electrons. The van der Waals surface area contributed by atoms with Crippen molar-refractivity contribution in [2.75, 3.05) is 5.32 Å². The lowest BCUT2D eigenvalue weighted by Crippen LogP contribution is -2.17. The summed E-state index contributed by atoms with van der Waals surface area (Å²) in [5.41, 5.74) is 3.43. The summed E-state index contributed by atoms with van der Waals surface area (Å²) in [6, 6.07) is 22.7. The third kappa shape index (κ3) is 3.98. The van der Waals surface area contributed by atoms with Crippen molar-refractivity contribution in [1.82, 2.24) is 0 Å². The molecule has 0 unspecified atom stereocenters. The Bertz CT molecular complexity index is 1800. The van der Waals surface area contributed by atoms with Gasteiger partial charge in [-0.2, -0.15) is 12.8 Å². The highest BCUT2D eigenvalue weighted by molar-refractivity contribution is 8.04. The zero-order chi connectivity index (χ0) is 25.7. The number of hydrogen-bond donors (Lipinski definition) is 1. The normalized spacial score (nSPS) is 15.6. The lowest BCUT2D eigenvalue weighted by Gasteiger charge is -2.18. The summed E-state index contributed by atoms with van der Waals surface area (Å²) in [7, 11) is -4.01. The van der Waals surface area contributed by atoms with Crippen LogP contribution in [0.15, 0.2) is 104 Å². The smallest absolute Gasteiger partial charge is 0.282 e. The van der Waals surface area contributed by atoms with Crippen molar-refractivity contribution >= 4 is 55.6 Å². The van der Waals surface area contributed by atoms with E-state index in [2.05, 4.69) is 9.71 Å². The number of rotatable bonds is 5. The Hall–Kier alpha value is -4.01. The van der Waals surface area contributed by atoms with E-state index in [9.17, 15) is 18.0 Å². The van der Waals surface area contributed by atoms with E-state index in [4.69, 9.17) is 0 Å². The number of amides is 1. The Morgan fingerprint density at radius 1 is 0.838 bits per heavy atom. The summed E-state index contributed by atoms with van der Waals surface area (Å²) in [5.74, 6) is -0.363. The van der Waals surface area contributed by atoms with Gasteiger partial charge in [0.05, 0.1) is 15.5 Å². The van der Waals surface area contributed by atoms with Gasteiger partial charge in [0.2, 0.25) is 0 Å². The minimum atomic E-state index is -4.01. The highest BCUT2D eigenvalue weighted by Crippen LogP contribution is 2.42. The molecular weight excluding hydrogens is 504 g/mol. The molecular formula is C29H20N2O4S2. The predicted molar refractivity (Wildman–Crippen MR) is 146 cm³/mol. The van der Waals surface area contributed by atoms with Gasteiger partial charge < -0.3 is 5.32 Å². The minimum absolute atomic E-state index is 0.0962. The van der Waals surface area contributed by atoms with Crippen LogP contribution in [0.25, 0.3) is 10.8 Å². The van der Waals surface area contributed by atoms with Crippen LogP contribution in [0.3, 0.4) is 0 Å². The second kappa shape index (κ2) is 8.83. The van der Waals surface area contributed by atoms with Gasteiger partial charge in [0.1, 0.15) is 0 Å². The Labute approximate surface area is 218 Å². The maximum atomic E-state index is 13.4. The molecule has 4 aromatic rings. The number of ketones is 1. The number of benzene rings is 4. The van der Waals surface area contributed by atoms with Gasteiger partial charge in [-0.15, -0.1) is 0 Å². The average Bonchev–Trinajstić information content (AvgIpc) is 3.24. The summed E-state index contributed by atoms with van der Waals surface area (Å²) in [4.78, 5) is 27.0. The van der Waals surface area contributed by atoms with Crippen LogP contribution in [0.5, 0.6) is 0 Å². The van der Waals surface area contributed by atoms with Crippen molar-refractivity contribution in [3.8, 4) is 0 Å². The molecule has 0 saturated carbocycles. The number of hydrogen-bond acceptors (Lipinski definition) is 5. The van der Waals surface area contributed by atoms with Crippen LogP contribution in [0.1, 0.15) is 38.8 Å². The predicted octanol–water partition coefficient (Wildman–Crippen LogP) is 6.02. The zero-order valence-electron chi connectivity index (χ0n) is 19.7. The number of allylic oxidation sites excluding steroid dienone is 2. The molecule has 1 aliphatic carbocycles. The summed E-state index contributed by atoms with van der Waals surface area (Å²) >= 11 is 1.24. The first-order valence-corrected chi connectivity index (χ1v) is 14.0. The molecule has 1 aliphatic heterocycles. The molecule has 0 radical (unpaired) electrons. The fraction of sp³-hybridized carbons (Fsp3) is 0.0690. The van der Waals surface area contributed by atoms with Gasteiger partial charge in [0.15, 0.2) is 5.78 Å². The molecule has 37 heavy (non-hydrogen) atoms. The second-order valence-electron chi connectivity index (χ2n) is 8.73. The number of Topliss-reactive ketones (excluding diaryl/α,β-unsaturated/α-hetero) is 1. The van der Waals surface area contributed by atoms with Crippen LogP contribution < -0.4 is 5.32 Å². The van der Waals surface area contributed by atoms with Crippen molar-refractivity contribution in [3.05, 3.63) is 112 Å². The molecule has 0 fully saturated rings. The molecule has 1 N–H and O–H groups in total. The Morgan fingerprint density at radius 3 is 2.32 bits per heavy atom. The maximum absolute atomic E-state index is 13.4. The minimum Gasteiger partial charge on any atom is -0.321 e. The highest BCUT2D eigenvalue weighted by atomic mass is 32.2. The molecule has 8 heteroatoms. The van der Waals surface area contributed by atoms with E-state index in [0.29, 0.717) is 21.6 Å². The molecule has 6 nitrogen and oxygen atoms in total. The van der Waals surface area contributed by atoms with Gasteiger partial charge in [0, 0.05) is 32.7 Å². The van der Waals surface area contributed by atoms with Gasteiger partial charge in [-0.1, -0.05) is 67.2 Å². The van der Waals surface area contributed by atoms with Crippen molar-refractivity contribution in [2.45, 2.75) is 23.1 Å². The summed E-state index contributed by atoms with van der Waals surface area (Å²) < 4.78 is 30.6. The van der Waals surface area contributed by atoms with Gasteiger partial charge in [-0.3, -0.25) is 9.59 Å². The van der Waals surface area contributed by atoms with E-state index in [1.54, 1.807) is 60.7 Å². The van der Waals surface area contributed by atoms with Crippen LogP contribution in [0.2, 0.25) is 0 Å². The van der Waals surface area contributed by atoms with Crippen molar-refractivity contribution < 1.29 is 18.0 Å². The lowest BCUT2D eigenvalue weighted by molar-refractivity contribution is 0.102. The van der Waals surface area contributed by atoms with Crippen molar-refractivity contribution in [1.29, 1.82) is 0 Å². The van der Waals surface area contributed by atoms with Gasteiger partial charge in [0.25, 0.3) is 15.9 Å². The highest BCUT2D eigenvalue weighted by Gasteiger charge is 2.28. The molecule has 6 rings (SSSR count). The van der Waals surface area contributed by atoms with Gasteiger partial charge in [-0.05, 0) is 53.8 Å². The third-order valence-corrected chi connectivity index (χ3v) is 8.90. The number of nitrogens with zero attached hydrogens (tertiary/aromatic N) is 1. The van der Waals surface area contributed by atoms with Gasteiger partial charge >= 0.3 is 0 Å². The standard InChI is InChI=1S/C29H20N2O4S2/c1-2-17-10-12-18(13-11-17)37(34,35)31-24-16-26(28(32)20-7-4-3-6-19(20)24)36-25-15-14-23-27-21(25)8-5-9-22(27)29(33)30-23/h3-16H,2H2,1H3,(H,30,33)/b31-24-. The van der Waals surface area contributed by atoms with Gasteiger partial charge in [-0.25, -0.2) is 0 Å². The molecule has 0 bridgehead atoms. The van der Waals surface area contributed by atoms with Crippen LogP contribution in [0, 0.1) is 0 Å². The fourth-order valence-electron chi connectivity index (χ4n) is 4.61. The average molecular weight is 525 g/mol. The number of aryl methyl sites for hydroxylation is 1. The van der Waals surface area contributed by atoms with E-state index < -0.39 is 10.0 Å². The largest absolute Gasteiger partial charge is 0.321 e. The van der Waals surface area contributed by atoms with Crippen molar-refractivity contribution in [3.63, 3.8) is 0 Å². The number of anilines is 1. The van der Waals surface area contributed by atoms with Crippen LogP contribution in [0.4, 0.5) is 5.69 Å². The number of fused-ring (bicyclic) bond motifs is 1. The first kappa shape index (κ1) is 23.4. The quantitative estimate of drug-likeness (QED) is 0.345. The number of thioether (sulfide) groups is 1. The monoisotopic (exact) mass is 524 g/mol. The lowest BCUT2D eigenvalue weighted by atomic mass is 9.94. The second-order valence-corrected chi connectivity index (χ2v) is 11.4. The molecule has 1 amide bonds. The molecule has 0 aromatic heterocycles. The van der Waals surface area contributed by atoms with E-state index >= 15 is 0 Å². The molecule has 0 saturated heterocycles. The van der Waals surface area contributed by atoms with Crippen molar-refractivity contribution in [2.24, 2.45) is 4.40 Å². The zero-order valence-corrected chi connectivity index (χ0v) is 21.3. The van der Waals surface area contributed by atoms with E-state index in [0.717, 1.165) is 33.3 Å². The molecule has 0 atom stereocenters. The van der Waals surface area contributed by atoms with E-state index in [1.165, 1.54) is 11.8 Å². The Balaban J connectivity index is 1.46.